The number of carbonyl (C=O) groups is 2. The number of nitrogens with zero attached hydrogens (tertiary/aromatic N) is 1. The minimum atomic E-state index is -1.16. The topological polar surface area (TPSA) is 112 Å². The van der Waals surface area contributed by atoms with E-state index in [-0.39, 0.29) is 5.56 Å². The van der Waals surface area contributed by atoms with Crippen LogP contribution in [-0.4, -0.2) is 27.0 Å². The van der Waals surface area contributed by atoms with Crippen LogP contribution in [0.4, 0.5) is 5.69 Å². The van der Waals surface area contributed by atoms with E-state index in [1.54, 1.807) is 52.0 Å². The molecule has 0 saturated heterocycles. The summed E-state index contributed by atoms with van der Waals surface area (Å²) in [6.07, 6.45) is 0. The molecular weight excluding hydrogens is 322 g/mol. The van der Waals surface area contributed by atoms with Crippen LogP contribution in [0.15, 0.2) is 35.1 Å². The van der Waals surface area contributed by atoms with Crippen LogP contribution in [0.1, 0.15) is 26.5 Å². The zero-order valence-electron chi connectivity index (χ0n) is 14.6. The summed E-state index contributed by atoms with van der Waals surface area (Å²) < 4.78 is 0. The molecule has 0 aliphatic carbocycles. The van der Waals surface area contributed by atoms with Crippen LogP contribution in [-0.2, 0) is 9.59 Å². The molecule has 7 nitrogen and oxygen atoms in total. The molecule has 1 amide bonds. The van der Waals surface area contributed by atoms with Crippen LogP contribution in [0.2, 0.25) is 0 Å². The summed E-state index contributed by atoms with van der Waals surface area (Å²) in [7, 11) is 0. The van der Waals surface area contributed by atoms with Crippen LogP contribution in [0.3, 0.4) is 0 Å². The molecular formula is C18H21N3O4. The first-order chi connectivity index (χ1) is 11.6. The van der Waals surface area contributed by atoms with Gasteiger partial charge < -0.3 is 15.4 Å². The monoisotopic (exact) mass is 343 g/mol. The fourth-order valence-corrected chi connectivity index (χ4v) is 2.52. The predicted molar refractivity (Wildman–Crippen MR) is 94.2 cm³/mol. The molecule has 0 fully saturated rings. The molecule has 0 bridgehead atoms. The number of nitrogens with one attached hydrogen (secondary N) is 2. The van der Waals surface area contributed by atoms with E-state index in [1.165, 1.54) is 6.07 Å². The Hall–Kier alpha value is -2.96. The van der Waals surface area contributed by atoms with Gasteiger partial charge in [0.25, 0.3) is 5.56 Å². The fourth-order valence-electron chi connectivity index (χ4n) is 2.52. The molecule has 0 radical (unpaired) electrons. The van der Waals surface area contributed by atoms with E-state index in [1.807, 2.05) is 0 Å². The molecule has 2 aromatic rings. The lowest BCUT2D eigenvalue weighted by Crippen LogP contribution is -2.39. The molecule has 0 aliphatic rings. The van der Waals surface area contributed by atoms with Gasteiger partial charge in [0.15, 0.2) is 0 Å². The van der Waals surface area contributed by atoms with Gasteiger partial charge in [-0.15, -0.1) is 0 Å². The van der Waals surface area contributed by atoms with Crippen molar-refractivity contribution in [3.8, 4) is 11.4 Å². The summed E-state index contributed by atoms with van der Waals surface area (Å²) in [5, 5.41) is 11.9. The summed E-state index contributed by atoms with van der Waals surface area (Å²) in [5.74, 6) is -2.47. The minimum absolute atomic E-state index is 0.241. The maximum Gasteiger partial charge on any atom is 0.316 e. The third-order valence-electron chi connectivity index (χ3n) is 3.67. The Morgan fingerprint density at radius 1 is 1.20 bits per heavy atom. The number of carbonyl (C=O) groups excluding carboxylic acids is 1. The first kappa shape index (κ1) is 18.4. The fraction of sp³-hybridized carbons (Fsp3) is 0.333. The quantitative estimate of drug-likeness (QED) is 0.738. The molecule has 1 aromatic heterocycles. The second-order valence-corrected chi connectivity index (χ2v) is 6.94. The number of aliphatic carboxylic acids is 1. The largest absolute Gasteiger partial charge is 0.481 e. The van der Waals surface area contributed by atoms with Gasteiger partial charge in [0.2, 0.25) is 5.91 Å². The van der Waals surface area contributed by atoms with Crippen LogP contribution in [0.25, 0.3) is 11.4 Å². The third kappa shape index (κ3) is 4.53. The average Bonchev–Trinajstić information content (AvgIpc) is 2.44. The molecule has 1 aromatic carbocycles. The number of carboxylic acid groups (broad SMARTS) is 1. The first-order valence-corrected chi connectivity index (χ1v) is 7.80. The highest BCUT2D eigenvalue weighted by Gasteiger charge is 2.37. The lowest BCUT2D eigenvalue weighted by Gasteiger charge is -2.25. The Bertz CT molecular complexity index is 848. The minimum Gasteiger partial charge on any atom is -0.481 e. The summed E-state index contributed by atoms with van der Waals surface area (Å²) in [4.78, 5) is 42.1. The highest BCUT2D eigenvalue weighted by atomic mass is 16.4. The molecule has 1 unspecified atom stereocenters. The number of anilines is 1. The lowest BCUT2D eigenvalue weighted by molar-refractivity contribution is -0.149. The molecule has 2 rings (SSSR count). The Morgan fingerprint density at radius 2 is 1.80 bits per heavy atom. The number of rotatable bonds is 4. The summed E-state index contributed by atoms with van der Waals surface area (Å²) in [5.41, 5.74) is 0.810. The van der Waals surface area contributed by atoms with E-state index in [0.717, 1.165) is 0 Å². The highest BCUT2D eigenvalue weighted by molar-refractivity contribution is 6.04. The molecule has 3 N–H and O–H groups in total. The van der Waals surface area contributed by atoms with E-state index in [2.05, 4.69) is 15.3 Å². The second kappa shape index (κ2) is 6.88. The number of H-pyrrole nitrogens is 1. The normalized spacial score (nSPS) is 12.5. The number of hydrogen-bond acceptors (Lipinski definition) is 4. The van der Waals surface area contributed by atoms with Crippen LogP contribution < -0.4 is 10.9 Å². The van der Waals surface area contributed by atoms with Gasteiger partial charge in [-0.25, -0.2) is 4.98 Å². The van der Waals surface area contributed by atoms with Gasteiger partial charge in [0.1, 0.15) is 11.7 Å². The molecule has 0 saturated carbocycles. The smallest absolute Gasteiger partial charge is 0.316 e. The number of benzene rings is 1. The van der Waals surface area contributed by atoms with E-state index in [4.69, 9.17) is 0 Å². The Morgan fingerprint density at radius 3 is 2.28 bits per heavy atom. The summed E-state index contributed by atoms with van der Waals surface area (Å²) >= 11 is 0. The third-order valence-corrected chi connectivity index (χ3v) is 3.67. The van der Waals surface area contributed by atoms with Crippen molar-refractivity contribution in [3.63, 3.8) is 0 Å². The highest BCUT2D eigenvalue weighted by Crippen LogP contribution is 2.28. The molecule has 1 heterocycles. The van der Waals surface area contributed by atoms with Crippen molar-refractivity contribution < 1.29 is 14.7 Å². The van der Waals surface area contributed by atoms with Crippen LogP contribution in [0, 0.1) is 18.3 Å². The van der Waals surface area contributed by atoms with E-state index in [0.29, 0.717) is 22.8 Å². The van der Waals surface area contributed by atoms with Gasteiger partial charge in [0.05, 0.1) is 0 Å². The standard InChI is InChI=1S/C18H21N3O4/c1-10-9-13(22)21-15(19-10)11-5-7-12(8-6-11)20-16(23)14(17(24)25)18(2,3)4/h5-9,14H,1-4H3,(H,20,23)(H,24,25)(H,19,21,22). The van der Waals surface area contributed by atoms with Gasteiger partial charge in [0, 0.05) is 23.0 Å². The summed E-state index contributed by atoms with van der Waals surface area (Å²) in [6.45, 7) is 6.84. The Balaban J connectivity index is 2.21. The van der Waals surface area contributed by atoms with E-state index >= 15 is 0 Å². The van der Waals surface area contributed by atoms with Gasteiger partial charge in [-0.3, -0.25) is 14.4 Å². The Kier molecular flexibility index (Phi) is 5.06. The van der Waals surface area contributed by atoms with E-state index in [9.17, 15) is 19.5 Å². The number of amides is 1. The van der Waals surface area contributed by atoms with Crippen molar-refractivity contribution in [1.82, 2.24) is 9.97 Å². The van der Waals surface area contributed by atoms with Crippen LogP contribution in [0.5, 0.6) is 0 Å². The molecule has 0 spiro atoms. The number of carboxylic acids is 1. The van der Waals surface area contributed by atoms with Gasteiger partial charge >= 0.3 is 5.97 Å². The number of hydrogen-bond donors (Lipinski definition) is 3. The second-order valence-electron chi connectivity index (χ2n) is 6.94. The molecule has 0 aliphatic heterocycles. The first-order valence-electron chi connectivity index (χ1n) is 7.80. The number of aryl methyl sites for hydroxylation is 1. The zero-order valence-corrected chi connectivity index (χ0v) is 14.6. The van der Waals surface area contributed by atoms with Crippen molar-refractivity contribution >= 4 is 17.6 Å². The SMILES string of the molecule is Cc1cc(=O)[nH]c(-c2ccc(NC(=O)C(C(=O)O)C(C)(C)C)cc2)n1. The van der Waals surface area contributed by atoms with Gasteiger partial charge in [-0.1, -0.05) is 20.8 Å². The lowest BCUT2D eigenvalue weighted by atomic mass is 9.80. The molecule has 1 atom stereocenters. The maximum absolute atomic E-state index is 12.3. The predicted octanol–water partition coefficient (Wildman–Crippen LogP) is 2.43. The molecule has 25 heavy (non-hydrogen) atoms. The van der Waals surface area contributed by atoms with Crippen molar-refractivity contribution in [2.24, 2.45) is 11.3 Å². The van der Waals surface area contributed by atoms with E-state index < -0.39 is 23.2 Å². The summed E-state index contributed by atoms with van der Waals surface area (Å²) in [6, 6.07) is 8.06. The maximum atomic E-state index is 12.3. The zero-order chi connectivity index (χ0) is 18.8. The number of aromatic amines is 1. The molecule has 7 heteroatoms. The Labute approximate surface area is 145 Å². The number of aromatic nitrogens is 2. The van der Waals surface area contributed by atoms with Crippen molar-refractivity contribution in [2.75, 3.05) is 5.32 Å². The van der Waals surface area contributed by atoms with Gasteiger partial charge in [-0.05, 0) is 36.6 Å². The van der Waals surface area contributed by atoms with Gasteiger partial charge in [-0.2, -0.15) is 0 Å². The van der Waals surface area contributed by atoms with Crippen molar-refractivity contribution in [1.29, 1.82) is 0 Å². The van der Waals surface area contributed by atoms with Crippen LogP contribution >= 0.6 is 0 Å². The molecule has 132 valence electrons. The average molecular weight is 343 g/mol. The van der Waals surface area contributed by atoms with Crippen molar-refractivity contribution in [2.45, 2.75) is 27.7 Å². The van der Waals surface area contributed by atoms with Crippen molar-refractivity contribution in [3.05, 3.63) is 46.4 Å².